The highest BCUT2D eigenvalue weighted by Crippen LogP contribution is 2.31. The van der Waals surface area contributed by atoms with Crippen LogP contribution in [0.4, 0.5) is 0 Å². The number of allylic oxidation sites excluding steroid dienone is 1. The van der Waals surface area contributed by atoms with E-state index in [1.54, 1.807) is 23.7 Å². The van der Waals surface area contributed by atoms with Crippen LogP contribution in [-0.2, 0) is 6.42 Å². The first-order valence-corrected chi connectivity index (χ1v) is 5.94. The SMILES string of the molecule is O=C1C(=Cc2ccncc2)Cc2sccc21. The lowest BCUT2D eigenvalue weighted by Crippen LogP contribution is -1.94. The number of aromatic nitrogens is 1. The minimum absolute atomic E-state index is 0.174. The van der Waals surface area contributed by atoms with Gasteiger partial charge in [0.05, 0.1) is 0 Å². The van der Waals surface area contributed by atoms with Gasteiger partial charge in [0.25, 0.3) is 0 Å². The summed E-state index contributed by atoms with van der Waals surface area (Å²) in [4.78, 5) is 17.1. The van der Waals surface area contributed by atoms with E-state index in [1.807, 2.05) is 29.7 Å². The molecule has 2 nitrogen and oxygen atoms in total. The molecule has 3 heteroatoms. The average molecular weight is 227 g/mol. The summed E-state index contributed by atoms with van der Waals surface area (Å²) < 4.78 is 0. The molecule has 0 amide bonds. The van der Waals surface area contributed by atoms with E-state index < -0.39 is 0 Å². The van der Waals surface area contributed by atoms with Crippen LogP contribution in [0.5, 0.6) is 0 Å². The highest BCUT2D eigenvalue weighted by Gasteiger charge is 2.25. The Morgan fingerprint density at radius 1 is 1.25 bits per heavy atom. The van der Waals surface area contributed by atoms with Gasteiger partial charge in [0, 0.05) is 34.8 Å². The Morgan fingerprint density at radius 2 is 2.06 bits per heavy atom. The zero-order chi connectivity index (χ0) is 11.0. The third-order valence-electron chi connectivity index (χ3n) is 2.68. The van der Waals surface area contributed by atoms with Crippen molar-refractivity contribution in [2.45, 2.75) is 6.42 Å². The van der Waals surface area contributed by atoms with Crippen LogP contribution in [0.3, 0.4) is 0 Å². The highest BCUT2D eigenvalue weighted by molar-refractivity contribution is 7.10. The van der Waals surface area contributed by atoms with E-state index in [4.69, 9.17) is 0 Å². The predicted molar refractivity (Wildman–Crippen MR) is 64.6 cm³/mol. The van der Waals surface area contributed by atoms with Gasteiger partial charge >= 0.3 is 0 Å². The lowest BCUT2D eigenvalue weighted by molar-refractivity contribution is 0.104. The van der Waals surface area contributed by atoms with E-state index in [9.17, 15) is 4.79 Å². The fourth-order valence-electron chi connectivity index (χ4n) is 1.88. The molecule has 2 heterocycles. The molecule has 0 bridgehead atoms. The molecule has 0 unspecified atom stereocenters. The number of carbonyl (C=O) groups excluding carboxylic acids is 1. The number of nitrogens with zero attached hydrogens (tertiary/aromatic N) is 1. The summed E-state index contributed by atoms with van der Waals surface area (Å²) >= 11 is 1.66. The maximum Gasteiger partial charge on any atom is 0.190 e. The third-order valence-corrected chi connectivity index (χ3v) is 3.60. The summed E-state index contributed by atoms with van der Waals surface area (Å²) in [5, 5.41) is 1.98. The van der Waals surface area contributed by atoms with Crippen molar-refractivity contribution in [2.75, 3.05) is 0 Å². The summed E-state index contributed by atoms with van der Waals surface area (Å²) in [6, 6.07) is 5.73. The van der Waals surface area contributed by atoms with E-state index in [-0.39, 0.29) is 5.78 Å². The van der Waals surface area contributed by atoms with Gasteiger partial charge in [-0.15, -0.1) is 11.3 Å². The van der Waals surface area contributed by atoms with Crippen molar-refractivity contribution in [3.8, 4) is 0 Å². The molecule has 0 aromatic carbocycles. The Morgan fingerprint density at radius 3 is 2.81 bits per heavy atom. The zero-order valence-electron chi connectivity index (χ0n) is 8.51. The van der Waals surface area contributed by atoms with E-state index >= 15 is 0 Å². The van der Waals surface area contributed by atoms with Gasteiger partial charge in [0.2, 0.25) is 0 Å². The summed E-state index contributed by atoms with van der Waals surface area (Å²) in [7, 11) is 0. The molecule has 2 aromatic heterocycles. The highest BCUT2D eigenvalue weighted by atomic mass is 32.1. The van der Waals surface area contributed by atoms with Crippen LogP contribution >= 0.6 is 11.3 Å². The first-order chi connectivity index (χ1) is 7.84. The summed E-state index contributed by atoms with van der Waals surface area (Å²) in [6.45, 7) is 0. The molecule has 78 valence electrons. The molecule has 3 rings (SSSR count). The number of ketones is 1. The molecule has 0 saturated heterocycles. The van der Waals surface area contributed by atoms with Crippen molar-refractivity contribution in [3.63, 3.8) is 0 Å². The van der Waals surface area contributed by atoms with Crippen molar-refractivity contribution < 1.29 is 4.79 Å². The number of carbonyl (C=O) groups is 1. The number of Topliss-reactive ketones (excluding diaryl/α,β-unsaturated/α-hetero) is 1. The van der Waals surface area contributed by atoms with E-state index in [0.29, 0.717) is 0 Å². The molecule has 0 fully saturated rings. The van der Waals surface area contributed by atoms with Crippen LogP contribution in [0.15, 0.2) is 41.5 Å². The minimum Gasteiger partial charge on any atom is -0.289 e. The molecule has 0 saturated carbocycles. The standard InChI is InChI=1S/C13H9NOS/c15-13-10(7-9-1-4-14-5-2-9)8-12-11(13)3-6-16-12/h1-7H,8H2. The molecule has 0 aliphatic heterocycles. The van der Waals surface area contributed by atoms with Crippen LogP contribution in [0.2, 0.25) is 0 Å². The molecular weight excluding hydrogens is 218 g/mol. The van der Waals surface area contributed by atoms with E-state index in [2.05, 4.69) is 4.98 Å². The summed E-state index contributed by atoms with van der Waals surface area (Å²) in [6.07, 6.45) is 6.20. The Kier molecular flexibility index (Phi) is 2.18. The molecule has 0 radical (unpaired) electrons. The van der Waals surface area contributed by atoms with Crippen molar-refractivity contribution in [1.29, 1.82) is 0 Å². The molecule has 1 aliphatic rings. The lowest BCUT2D eigenvalue weighted by Gasteiger charge is -1.95. The molecule has 1 aliphatic carbocycles. The molecule has 0 atom stereocenters. The van der Waals surface area contributed by atoms with Crippen molar-refractivity contribution in [3.05, 3.63) is 57.6 Å². The number of thiophene rings is 1. The van der Waals surface area contributed by atoms with Crippen LogP contribution in [-0.4, -0.2) is 10.8 Å². The number of pyridine rings is 1. The topological polar surface area (TPSA) is 30.0 Å². The first kappa shape index (κ1) is 9.48. The van der Waals surface area contributed by atoms with Gasteiger partial charge in [0.1, 0.15) is 0 Å². The van der Waals surface area contributed by atoms with Crippen LogP contribution in [0.1, 0.15) is 20.8 Å². The molecule has 0 N–H and O–H groups in total. The van der Waals surface area contributed by atoms with Gasteiger partial charge in [-0.2, -0.15) is 0 Å². The second kappa shape index (κ2) is 3.68. The first-order valence-electron chi connectivity index (χ1n) is 5.06. The van der Waals surface area contributed by atoms with Gasteiger partial charge in [-0.05, 0) is 35.2 Å². The smallest absolute Gasteiger partial charge is 0.190 e. The van der Waals surface area contributed by atoms with Crippen LogP contribution in [0, 0.1) is 0 Å². The lowest BCUT2D eigenvalue weighted by atomic mass is 10.1. The Bertz CT molecular complexity index is 569. The van der Waals surface area contributed by atoms with E-state index in [0.717, 1.165) is 23.1 Å². The van der Waals surface area contributed by atoms with Crippen molar-refractivity contribution in [1.82, 2.24) is 4.98 Å². The fraction of sp³-hybridized carbons (Fsp3) is 0.0769. The second-order valence-corrected chi connectivity index (χ2v) is 4.71. The van der Waals surface area contributed by atoms with Crippen molar-refractivity contribution >= 4 is 23.2 Å². The van der Waals surface area contributed by atoms with E-state index in [1.165, 1.54) is 4.88 Å². The van der Waals surface area contributed by atoms with Gasteiger partial charge in [-0.1, -0.05) is 0 Å². The summed E-state index contributed by atoms with van der Waals surface area (Å²) in [5.74, 6) is 0.174. The average Bonchev–Trinajstić information content (AvgIpc) is 2.86. The largest absolute Gasteiger partial charge is 0.289 e. The summed E-state index contributed by atoms with van der Waals surface area (Å²) in [5.41, 5.74) is 2.80. The van der Waals surface area contributed by atoms with Gasteiger partial charge < -0.3 is 0 Å². The van der Waals surface area contributed by atoms with Gasteiger partial charge in [-0.25, -0.2) is 0 Å². The predicted octanol–water partition coefficient (Wildman–Crippen LogP) is 2.97. The Hall–Kier alpha value is -1.74. The fourth-order valence-corrected chi connectivity index (χ4v) is 2.78. The Balaban J connectivity index is 1.98. The third kappa shape index (κ3) is 1.49. The monoisotopic (exact) mass is 227 g/mol. The number of rotatable bonds is 1. The van der Waals surface area contributed by atoms with Crippen LogP contribution in [0.25, 0.3) is 6.08 Å². The minimum atomic E-state index is 0.174. The molecule has 0 spiro atoms. The van der Waals surface area contributed by atoms with Gasteiger partial charge in [0.15, 0.2) is 5.78 Å². The normalized spacial score (nSPS) is 16.8. The van der Waals surface area contributed by atoms with Crippen molar-refractivity contribution in [2.24, 2.45) is 0 Å². The molecular formula is C13H9NOS. The quantitative estimate of drug-likeness (QED) is 0.701. The van der Waals surface area contributed by atoms with Crippen LogP contribution < -0.4 is 0 Å². The number of fused-ring (bicyclic) bond motifs is 1. The van der Waals surface area contributed by atoms with Gasteiger partial charge in [-0.3, -0.25) is 9.78 Å². The number of hydrogen-bond acceptors (Lipinski definition) is 3. The molecule has 2 aromatic rings. The maximum atomic E-state index is 12.0. The second-order valence-electron chi connectivity index (χ2n) is 3.71. The number of hydrogen-bond donors (Lipinski definition) is 0. The Labute approximate surface area is 97.3 Å². The zero-order valence-corrected chi connectivity index (χ0v) is 9.33. The molecule has 16 heavy (non-hydrogen) atoms. The maximum absolute atomic E-state index is 12.0.